The van der Waals surface area contributed by atoms with Crippen molar-refractivity contribution in [2.75, 3.05) is 0 Å². The molecule has 0 aliphatic carbocycles. The smallest absolute Gasteiger partial charge is 0.252 e. The van der Waals surface area contributed by atoms with Gasteiger partial charge in [-0.3, -0.25) is 4.79 Å². The van der Waals surface area contributed by atoms with Crippen molar-refractivity contribution < 1.29 is 38.4 Å². The molecule has 0 aromatic heterocycles. The summed E-state index contributed by atoms with van der Waals surface area (Å²) in [6, 6.07) is -1.16. The Morgan fingerprint density at radius 2 is 1.50 bits per heavy atom. The van der Waals surface area contributed by atoms with Crippen LogP contribution >= 0.6 is 0 Å². The van der Waals surface area contributed by atoms with Crippen LogP contribution in [0.3, 0.4) is 0 Å². The standard InChI is InChI=1S/C15H23NO8/c1-6(12(18)19)16-11(17)9-7-8(22-14(2,3)21-7)10-13(20-9)24-15(4,5)23-10/h6-10,13H,1-5H3,(H,16,17)(H,18,19)/p-1/t6-,7+,8+,9-,10-,13+/m1/s1. The number of hydrogen-bond donors (Lipinski definition) is 1. The van der Waals surface area contributed by atoms with Crippen molar-refractivity contribution in [1.29, 1.82) is 0 Å². The molecule has 0 bridgehead atoms. The van der Waals surface area contributed by atoms with E-state index in [9.17, 15) is 14.7 Å². The van der Waals surface area contributed by atoms with Gasteiger partial charge in [0, 0.05) is 0 Å². The third-order valence-corrected chi connectivity index (χ3v) is 4.13. The number of ether oxygens (including phenoxy) is 5. The highest BCUT2D eigenvalue weighted by molar-refractivity contribution is 5.86. The van der Waals surface area contributed by atoms with Crippen LogP contribution in [-0.4, -0.2) is 60.2 Å². The lowest BCUT2D eigenvalue weighted by Crippen LogP contribution is -2.61. The first-order valence-corrected chi connectivity index (χ1v) is 7.87. The van der Waals surface area contributed by atoms with Crippen molar-refractivity contribution in [3.8, 4) is 0 Å². The van der Waals surface area contributed by atoms with Gasteiger partial charge in [0.05, 0.1) is 12.0 Å². The maximum Gasteiger partial charge on any atom is 0.252 e. The van der Waals surface area contributed by atoms with Crippen LogP contribution in [0.25, 0.3) is 0 Å². The molecule has 136 valence electrons. The molecule has 0 unspecified atom stereocenters. The third kappa shape index (κ3) is 3.14. The summed E-state index contributed by atoms with van der Waals surface area (Å²) in [6.07, 6.45) is -3.76. The van der Waals surface area contributed by atoms with Crippen LogP contribution in [0, 0.1) is 0 Å². The van der Waals surface area contributed by atoms with Crippen LogP contribution < -0.4 is 10.4 Å². The number of carbonyl (C=O) groups is 2. The fourth-order valence-corrected chi connectivity index (χ4v) is 3.18. The van der Waals surface area contributed by atoms with E-state index in [1.54, 1.807) is 27.7 Å². The number of rotatable bonds is 3. The van der Waals surface area contributed by atoms with E-state index in [4.69, 9.17) is 23.7 Å². The fourth-order valence-electron chi connectivity index (χ4n) is 3.18. The number of carbonyl (C=O) groups excluding carboxylic acids is 2. The minimum Gasteiger partial charge on any atom is -0.548 e. The maximum atomic E-state index is 12.5. The molecule has 3 aliphatic heterocycles. The van der Waals surface area contributed by atoms with Gasteiger partial charge in [0.2, 0.25) is 0 Å². The van der Waals surface area contributed by atoms with Crippen LogP contribution in [-0.2, 0) is 33.3 Å². The normalized spacial score (nSPS) is 40.5. The molecule has 0 spiro atoms. The Kier molecular flexibility index (Phi) is 4.12. The van der Waals surface area contributed by atoms with Crippen molar-refractivity contribution in [3.05, 3.63) is 0 Å². The van der Waals surface area contributed by atoms with Gasteiger partial charge in [-0.05, 0) is 34.6 Å². The van der Waals surface area contributed by atoms with Gasteiger partial charge >= 0.3 is 0 Å². The van der Waals surface area contributed by atoms with Gasteiger partial charge in [-0.25, -0.2) is 0 Å². The average molecular weight is 344 g/mol. The molecule has 3 heterocycles. The third-order valence-electron chi connectivity index (χ3n) is 4.13. The Labute approximate surface area is 139 Å². The second-order valence-corrected chi connectivity index (χ2v) is 7.14. The number of aliphatic carboxylic acids is 1. The lowest BCUT2D eigenvalue weighted by Gasteiger charge is -2.36. The highest BCUT2D eigenvalue weighted by Crippen LogP contribution is 2.44. The van der Waals surface area contributed by atoms with E-state index < -0.39 is 60.2 Å². The van der Waals surface area contributed by atoms with Crippen LogP contribution in [0.4, 0.5) is 0 Å². The number of fused-ring (bicyclic) bond motifs is 3. The second-order valence-electron chi connectivity index (χ2n) is 7.14. The summed E-state index contributed by atoms with van der Waals surface area (Å²) in [7, 11) is 0. The Morgan fingerprint density at radius 1 is 0.958 bits per heavy atom. The molecular formula is C15H22NO8-. The van der Waals surface area contributed by atoms with Gasteiger partial charge in [-0.15, -0.1) is 0 Å². The Hall–Kier alpha value is -1.26. The number of hydrogen-bond acceptors (Lipinski definition) is 8. The van der Waals surface area contributed by atoms with E-state index in [-0.39, 0.29) is 0 Å². The molecule has 6 atom stereocenters. The monoisotopic (exact) mass is 344 g/mol. The first-order valence-electron chi connectivity index (χ1n) is 7.87. The lowest BCUT2D eigenvalue weighted by molar-refractivity contribution is -0.308. The first kappa shape index (κ1) is 17.6. The molecule has 9 nitrogen and oxygen atoms in total. The lowest BCUT2D eigenvalue weighted by atomic mass is 9.98. The van der Waals surface area contributed by atoms with E-state index in [0.717, 1.165) is 0 Å². The van der Waals surface area contributed by atoms with Crippen LogP contribution in [0.5, 0.6) is 0 Å². The van der Waals surface area contributed by atoms with Gasteiger partial charge < -0.3 is 38.9 Å². The summed E-state index contributed by atoms with van der Waals surface area (Å²) in [5.41, 5.74) is 0. The highest BCUT2D eigenvalue weighted by atomic mass is 16.9. The first-order chi connectivity index (χ1) is 11.0. The molecule has 9 heteroatoms. The van der Waals surface area contributed by atoms with Crippen molar-refractivity contribution in [2.45, 2.75) is 82.9 Å². The van der Waals surface area contributed by atoms with Crippen LogP contribution in [0.2, 0.25) is 0 Å². The maximum absolute atomic E-state index is 12.5. The van der Waals surface area contributed by atoms with Gasteiger partial charge in [0.1, 0.15) is 18.3 Å². The number of carboxylic acid groups (broad SMARTS) is 1. The average Bonchev–Trinajstić information content (AvgIpc) is 2.91. The van der Waals surface area contributed by atoms with E-state index in [0.29, 0.717) is 0 Å². The van der Waals surface area contributed by atoms with E-state index in [1.807, 2.05) is 0 Å². The minimum absolute atomic E-state index is 0.547. The Morgan fingerprint density at radius 3 is 2.12 bits per heavy atom. The SMILES string of the molecule is C[C@@H](NC(=O)[C@@H]1O[C@H]2OC(C)(C)O[C@@H]2[C@H]2OC(C)(C)O[C@@H]21)C(=O)[O-]. The molecule has 3 aliphatic rings. The molecule has 0 aromatic rings. The van der Waals surface area contributed by atoms with Crippen molar-refractivity contribution in [2.24, 2.45) is 0 Å². The largest absolute Gasteiger partial charge is 0.548 e. The highest BCUT2D eigenvalue weighted by Gasteiger charge is 2.62. The molecular weight excluding hydrogens is 322 g/mol. The summed E-state index contributed by atoms with van der Waals surface area (Å²) in [5, 5.41) is 13.2. The fraction of sp³-hybridized carbons (Fsp3) is 0.867. The van der Waals surface area contributed by atoms with E-state index in [1.165, 1.54) is 6.92 Å². The summed E-state index contributed by atoms with van der Waals surface area (Å²) in [5.74, 6) is -3.84. The molecule has 0 aromatic carbocycles. The summed E-state index contributed by atoms with van der Waals surface area (Å²) in [6.45, 7) is 8.22. The van der Waals surface area contributed by atoms with Crippen LogP contribution in [0.1, 0.15) is 34.6 Å². The van der Waals surface area contributed by atoms with Crippen LogP contribution in [0.15, 0.2) is 0 Å². The zero-order valence-corrected chi connectivity index (χ0v) is 14.2. The molecule has 1 N–H and O–H groups in total. The summed E-state index contributed by atoms with van der Waals surface area (Å²) >= 11 is 0. The second kappa shape index (κ2) is 5.63. The predicted molar refractivity (Wildman–Crippen MR) is 75.1 cm³/mol. The van der Waals surface area contributed by atoms with Crippen molar-refractivity contribution >= 4 is 11.9 Å². The molecule has 3 saturated heterocycles. The zero-order chi connectivity index (χ0) is 17.9. The molecule has 0 radical (unpaired) electrons. The van der Waals surface area contributed by atoms with Crippen molar-refractivity contribution in [3.63, 3.8) is 0 Å². The van der Waals surface area contributed by atoms with Gasteiger partial charge in [-0.2, -0.15) is 0 Å². The topological polar surface area (TPSA) is 115 Å². The van der Waals surface area contributed by atoms with Crippen molar-refractivity contribution in [1.82, 2.24) is 5.32 Å². The number of nitrogens with one attached hydrogen (secondary N) is 1. The molecule has 24 heavy (non-hydrogen) atoms. The van der Waals surface area contributed by atoms with Gasteiger partial charge in [-0.1, -0.05) is 0 Å². The Balaban J connectivity index is 1.82. The van der Waals surface area contributed by atoms with Gasteiger partial charge in [0.25, 0.3) is 5.91 Å². The quantitative estimate of drug-likeness (QED) is 0.667. The number of amides is 1. The summed E-state index contributed by atoms with van der Waals surface area (Å²) in [4.78, 5) is 23.3. The molecule has 1 amide bonds. The Bertz CT molecular complexity index is 548. The number of carboxylic acids is 1. The molecule has 0 saturated carbocycles. The summed E-state index contributed by atoms with van der Waals surface area (Å²) < 4.78 is 28.9. The zero-order valence-electron chi connectivity index (χ0n) is 14.2. The minimum atomic E-state index is -1.39. The molecule has 3 fully saturated rings. The molecule has 3 rings (SSSR count). The predicted octanol–water partition coefficient (Wildman–Crippen LogP) is -1.36. The van der Waals surface area contributed by atoms with E-state index >= 15 is 0 Å². The van der Waals surface area contributed by atoms with E-state index in [2.05, 4.69) is 5.32 Å². The van der Waals surface area contributed by atoms with Gasteiger partial charge in [0.15, 0.2) is 24.0 Å².